The lowest BCUT2D eigenvalue weighted by Crippen LogP contribution is -2.34. The van der Waals surface area contributed by atoms with E-state index in [1.807, 2.05) is 0 Å². The second kappa shape index (κ2) is 15.5. The third-order valence-electron chi connectivity index (χ3n) is 12.4. The third kappa shape index (κ3) is 8.41. The lowest BCUT2D eigenvalue weighted by Gasteiger charge is -2.24. The van der Waals surface area contributed by atoms with Crippen LogP contribution in [0.4, 0.5) is 22.7 Å². The summed E-state index contributed by atoms with van der Waals surface area (Å²) in [5.41, 5.74) is 21.1. The number of aromatic amines is 2. The van der Waals surface area contributed by atoms with Crippen molar-refractivity contribution in [1.82, 2.24) is 37.9 Å². The molecule has 0 unspecified atom stereocenters. The number of quaternary nitrogens is 4. The molecule has 322 valence electrons. The van der Waals surface area contributed by atoms with Gasteiger partial charge in [-0.15, -0.1) is 0 Å². The molecule has 4 aromatic carbocycles. The number of hydrogen-bond acceptors (Lipinski definition) is 2. The van der Waals surface area contributed by atoms with Gasteiger partial charge in [0, 0.05) is 38.8 Å². The summed E-state index contributed by atoms with van der Waals surface area (Å²) in [7, 11) is 26.5. The number of rotatable bonds is 8. The molecule has 8 nitrogen and oxygen atoms in total. The zero-order valence-electron chi connectivity index (χ0n) is 39.5. The first kappa shape index (κ1) is 42.6. The molecule has 5 heterocycles. The number of H-pyrrole nitrogens is 2. The number of aromatic nitrogens is 4. The molecule has 9 rings (SSSR count). The minimum atomic E-state index is 0.705. The molecule has 0 spiro atoms. The Morgan fingerprint density at radius 2 is 0.750 bits per heavy atom. The SMILES string of the molecule is C[N+](C)(C)c1ccc(C2=Cc3cc4ccc(cc5nc(cc6[nH]c(c(-c7ccc([N+](C)(C)C)cc7)c2n3)c(-c2ccc([N+](C)(C)C)cc2)c6-c2ccc([N+](C)(C)C)cc2)C=C5)[nH]4)cc1. The maximum absolute atomic E-state index is 5.64. The highest BCUT2D eigenvalue weighted by Gasteiger charge is 2.27. The van der Waals surface area contributed by atoms with Gasteiger partial charge in [0.05, 0.1) is 113 Å². The van der Waals surface area contributed by atoms with E-state index in [0.717, 1.165) is 98.3 Å². The van der Waals surface area contributed by atoms with E-state index in [2.05, 4.69) is 240 Å². The summed E-state index contributed by atoms with van der Waals surface area (Å²) in [6, 6.07) is 46.9. The van der Waals surface area contributed by atoms with Crippen molar-refractivity contribution in [1.29, 1.82) is 0 Å². The molecule has 2 aliphatic rings. The van der Waals surface area contributed by atoms with Gasteiger partial charge in [0.1, 0.15) is 22.7 Å². The molecule has 0 atom stereocenters. The molecule has 7 aromatic rings. The zero-order chi connectivity index (χ0) is 45.3. The van der Waals surface area contributed by atoms with Crippen LogP contribution in [0.2, 0.25) is 0 Å². The van der Waals surface area contributed by atoms with Crippen molar-refractivity contribution in [3.63, 3.8) is 0 Å². The van der Waals surface area contributed by atoms with Crippen LogP contribution in [-0.2, 0) is 0 Å². The van der Waals surface area contributed by atoms with E-state index in [0.29, 0.717) is 8.97 Å². The molecular weight excluding hydrogens is 785 g/mol. The Hall–Kier alpha value is -6.68. The highest BCUT2D eigenvalue weighted by molar-refractivity contribution is 6.11. The standard InChI is InChI=1S/C56H62N8/c1-61(2,3)46-25-13-37(14-26-46)50-35-45-34-43-22-21-41(57-43)33-42-23-24-44(58-42)36-51-52(38-15-27-47(28-16-38)62(4,5)6)53(39-17-29-48(30-18-39)63(7,8)9)56(60-51)54(55(50)59-45)40-19-31-49(32-20-40)64(10,11)12/h13-36,57,60H,1-12H3/q+4. The normalized spacial score (nSPS) is 13.3. The Balaban J connectivity index is 1.49. The third-order valence-corrected chi connectivity index (χ3v) is 12.4. The smallest absolute Gasteiger partial charge is 0.132 e. The van der Waals surface area contributed by atoms with Crippen LogP contribution in [0.1, 0.15) is 28.3 Å². The Morgan fingerprint density at radius 3 is 1.20 bits per heavy atom. The van der Waals surface area contributed by atoms with Gasteiger partial charge in [-0.2, -0.15) is 0 Å². The molecule has 0 aliphatic carbocycles. The van der Waals surface area contributed by atoms with E-state index < -0.39 is 0 Å². The van der Waals surface area contributed by atoms with Gasteiger partial charge in [-0.05, 0) is 168 Å². The quantitative estimate of drug-likeness (QED) is 0.150. The monoisotopic (exact) mass is 847 g/mol. The average Bonchev–Trinajstić information content (AvgIpc) is 4.05. The fourth-order valence-corrected chi connectivity index (χ4v) is 8.66. The fraction of sp³-hybridized carbons (Fsp3) is 0.214. The average molecular weight is 847 g/mol. The van der Waals surface area contributed by atoms with Crippen molar-refractivity contribution in [2.24, 2.45) is 0 Å². The number of fused-ring (bicyclic) bond motifs is 8. The van der Waals surface area contributed by atoms with Gasteiger partial charge in [0.2, 0.25) is 0 Å². The van der Waals surface area contributed by atoms with E-state index in [4.69, 9.17) is 9.97 Å². The largest absolute Gasteiger partial charge is 0.355 e. The first-order chi connectivity index (χ1) is 30.2. The Labute approximate surface area is 378 Å². The molecule has 64 heavy (non-hydrogen) atoms. The Morgan fingerprint density at radius 1 is 0.359 bits per heavy atom. The first-order valence-electron chi connectivity index (χ1n) is 22.1. The van der Waals surface area contributed by atoms with Gasteiger partial charge in [-0.25, -0.2) is 9.97 Å². The molecule has 2 aliphatic heterocycles. The summed E-state index contributed by atoms with van der Waals surface area (Å²) in [4.78, 5) is 18.5. The molecule has 0 saturated carbocycles. The van der Waals surface area contributed by atoms with Crippen molar-refractivity contribution < 1.29 is 0 Å². The van der Waals surface area contributed by atoms with Crippen LogP contribution in [0.15, 0.2) is 127 Å². The van der Waals surface area contributed by atoms with Crippen LogP contribution in [0, 0.1) is 0 Å². The molecule has 8 bridgehead atoms. The summed E-state index contributed by atoms with van der Waals surface area (Å²) in [6.07, 6.45) is 6.45. The summed E-state index contributed by atoms with van der Waals surface area (Å²) in [5.74, 6) is 0. The van der Waals surface area contributed by atoms with Crippen LogP contribution in [0.5, 0.6) is 0 Å². The molecule has 0 amide bonds. The highest BCUT2D eigenvalue weighted by atomic mass is 15.3. The molecule has 3 aromatic heterocycles. The van der Waals surface area contributed by atoms with Crippen molar-refractivity contribution in [2.45, 2.75) is 0 Å². The summed E-state index contributed by atoms with van der Waals surface area (Å²) in [5, 5.41) is 0. The molecule has 0 saturated heterocycles. The summed E-state index contributed by atoms with van der Waals surface area (Å²) in [6.45, 7) is 0. The number of benzene rings is 4. The van der Waals surface area contributed by atoms with E-state index >= 15 is 0 Å². The Kier molecular flexibility index (Phi) is 10.3. The van der Waals surface area contributed by atoms with E-state index in [1.54, 1.807) is 0 Å². The predicted octanol–water partition coefficient (Wildman–Crippen LogP) is 11.9. The van der Waals surface area contributed by atoms with Crippen LogP contribution < -0.4 is 17.9 Å². The number of hydrogen-bond donors (Lipinski definition) is 2. The molecule has 0 radical (unpaired) electrons. The first-order valence-corrected chi connectivity index (χ1v) is 22.1. The summed E-state index contributed by atoms with van der Waals surface area (Å²) < 4.78 is 2.86. The van der Waals surface area contributed by atoms with Crippen molar-refractivity contribution >= 4 is 68.6 Å². The summed E-state index contributed by atoms with van der Waals surface area (Å²) >= 11 is 0. The van der Waals surface area contributed by atoms with Crippen molar-refractivity contribution in [2.75, 3.05) is 84.6 Å². The van der Waals surface area contributed by atoms with Crippen LogP contribution >= 0.6 is 0 Å². The van der Waals surface area contributed by atoms with Crippen molar-refractivity contribution in [3.05, 3.63) is 156 Å². The minimum absolute atomic E-state index is 0.705. The van der Waals surface area contributed by atoms with E-state index in [-0.39, 0.29) is 0 Å². The maximum atomic E-state index is 5.64. The van der Waals surface area contributed by atoms with Crippen LogP contribution in [-0.4, -0.2) is 105 Å². The highest BCUT2D eigenvalue weighted by Crippen LogP contribution is 2.47. The lowest BCUT2D eigenvalue weighted by molar-refractivity contribution is 0.486. The van der Waals surface area contributed by atoms with Crippen molar-refractivity contribution in [3.8, 4) is 33.4 Å². The number of nitrogens with one attached hydrogen (secondary N) is 2. The van der Waals surface area contributed by atoms with Gasteiger partial charge in [-0.1, -0.05) is 0 Å². The second-order valence-corrected chi connectivity index (χ2v) is 20.8. The molecule has 2 N–H and O–H groups in total. The van der Waals surface area contributed by atoms with Crippen LogP contribution in [0.25, 0.3) is 79.2 Å². The minimum Gasteiger partial charge on any atom is -0.355 e. The van der Waals surface area contributed by atoms with Gasteiger partial charge in [-0.3, -0.25) is 17.9 Å². The van der Waals surface area contributed by atoms with Gasteiger partial charge in [0.25, 0.3) is 0 Å². The second-order valence-electron chi connectivity index (χ2n) is 20.8. The molecule has 8 heteroatoms. The van der Waals surface area contributed by atoms with Crippen LogP contribution in [0.3, 0.4) is 0 Å². The van der Waals surface area contributed by atoms with Gasteiger partial charge in [0.15, 0.2) is 0 Å². The number of nitrogens with zero attached hydrogens (tertiary/aromatic N) is 6. The molecule has 0 fully saturated rings. The Bertz CT molecular complexity index is 3130. The zero-order valence-corrected chi connectivity index (χ0v) is 39.5. The maximum Gasteiger partial charge on any atom is 0.132 e. The van der Waals surface area contributed by atoms with Gasteiger partial charge < -0.3 is 9.97 Å². The van der Waals surface area contributed by atoms with E-state index in [1.165, 1.54) is 22.7 Å². The predicted molar refractivity (Wildman–Crippen MR) is 278 cm³/mol. The van der Waals surface area contributed by atoms with E-state index in [9.17, 15) is 0 Å². The van der Waals surface area contributed by atoms with Gasteiger partial charge >= 0.3 is 0 Å². The lowest BCUT2D eigenvalue weighted by atomic mass is 9.90. The topological polar surface area (TPSA) is 57.4 Å². The fourth-order valence-electron chi connectivity index (χ4n) is 8.66. The molecular formula is C56H62N8+4.